The molecule has 0 saturated heterocycles. The van der Waals surface area contributed by atoms with Gasteiger partial charge in [-0.3, -0.25) is 4.98 Å². The zero-order chi connectivity index (χ0) is 12.7. The first kappa shape index (κ1) is 10.8. The number of nitrogens with one attached hydrogen (secondary N) is 1. The number of hydrogen-bond acceptors (Lipinski definition) is 3. The smallest absolute Gasteiger partial charge is 0.140 e. The molecular formula is C14H13N3O. The van der Waals surface area contributed by atoms with Gasteiger partial charge in [-0.2, -0.15) is 0 Å². The van der Waals surface area contributed by atoms with Crippen molar-refractivity contribution in [2.45, 2.75) is 13.8 Å². The minimum atomic E-state index is 0.139. The van der Waals surface area contributed by atoms with Gasteiger partial charge in [-0.15, -0.1) is 0 Å². The van der Waals surface area contributed by atoms with Crippen LogP contribution in [0, 0.1) is 13.8 Å². The Morgan fingerprint density at radius 3 is 2.61 bits per heavy atom. The van der Waals surface area contributed by atoms with E-state index < -0.39 is 0 Å². The third-order valence-corrected chi connectivity index (χ3v) is 3.09. The summed E-state index contributed by atoms with van der Waals surface area (Å²) in [7, 11) is 0. The lowest BCUT2D eigenvalue weighted by atomic mass is 10.1. The predicted molar refractivity (Wildman–Crippen MR) is 70.5 cm³/mol. The minimum absolute atomic E-state index is 0.139. The Hall–Kier alpha value is -2.36. The molecule has 2 N–H and O–H groups in total. The van der Waals surface area contributed by atoms with Crippen molar-refractivity contribution in [3.63, 3.8) is 0 Å². The average Bonchev–Trinajstić information content (AvgIpc) is 2.73. The van der Waals surface area contributed by atoms with E-state index in [-0.39, 0.29) is 5.75 Å². The first-order valence-corrected chi connectivity index (χ1v) is 5.75. The molecule has 0 aliphatic heterocycles. The number of pyridine rings is 1. The number of aryl methyl sites for hydroxylation is 2. The highest BCUT2D eigenvalue weighted by Crippen LogP contribution is 2.24. The van der Waals surface area contributed by atoms with E-state index in [1.807, 2.05) is 0 Å². The molecule has 2 aromatic heterocycles. The Kier molecular flexibility index (Phi) is 2.30. The second-order valence-electron chi connectivity index (χ2n) is 4.47. The van der Waals surface area contributed by atoms with Gasteiger partial charge in [0.15, 0.2) is 0 Å². The molecule has 4 nitrogen and oxygen atoms in total. The van der Waals surface area contributed by atoms with E-state index in [2.05, 4.69) is 40.9 Å². The predicted octanol–water partition coefficient (Wildman–Crippen LogP) is 2.95. The Bertz CT molecular complexity index is 692. The summed E-state index contributed by atoms with van der Waals surface area (Å²) in [5.41, 5.74) is 5.15. The molecule has 18 heavy (non-hydrogen) atoms. The number of imidazole rings is 1. The Balaban J connectivity index is 2.19. The molecule has 0 aliphatic carbocycles. The van der Waals surface area contributed by atoms with E-state index in [4.69, 9.17) is 0 Å². The molecule has 0 aliphatic rings. The normalized spacial score (nSPS) is 11.0. The molecule has 0 unspecified atom stereocenters. The number of nitrogens with zero attached hydrogens (tertiary/aromatic N) is 2. The summed E-state index contributed by atoms with van der Waals surface area (Å²) in [5.74, 6) is 0.860. The van der Waals surface area contributed by atoms with Crippen LogP contribution in [-0.4, -0.2) is 20.1 Å². The number of benzene rings is 1. The van der Waals surface area contributed by atoms with Crippen molar-refractivity contribution in [2.75, 3.05) is 0 Å². The topological polar surface area (TPSA) is 61.8 Å². The van der Waals surface area contributed by atoms with E-state index in [0.717, 1.165) is 22.4 Å². The number of H-pyrrole nitrogens is 1. The monoisotopic (exact) mass is 239 g/mol. The van der Waals surface area contributed by atoms with Crippen molar-refractivity contribution >= 4 is 11.0 Å². The van der Waals surface area contributed by atoms with Crippen LogP contribution in [0.1, 0.15) is 11.1 Å². The van der Waals surface area contributed by atoms with Crippen molar-refractivity contribution in [1.29, 1.82) is 0 Å². The van der Waals surface area contributed by atoms with Crippen molar-refractivity contribution in [1.82, 2.24) is 15.0 Å². The minimum Gasteiger partial charge on any atom is -0.506 e. The lowest BCUT2D eigenvalue weighted by molar-refractivity contribution is 0.473. The van der Waals surface area contributed by atoms with Gasteiger partial charge >= 0.3 is 0 Å². The van der Waals surface area contributed by atoms with E-state index in [1.54, 1.807) is 12.3 Å². The summed E-state index contributed by atoms with van der Waals surface area (Å²) in [6.07, 6.45) is 3.08. The van der Waals surface area contributed by atoms with Crippen LogP contribution in [-0.2, 0) is 0 Å². The molecule has 0 saturated carbocycles. The number of aromatic amines is 1. The first-order chi connectivity index (χ1) is 8.63. The summed E-state index contributed by atoms with van der Waals surface area (Å²) >= 11 is 0. The molecule has 3 rings (SSSR count). The van der Waals surface area contributed by atoms with Crippen LogP contribution >= 0.6 is 0 Å². The maximum Gasteiger partial charge on any atom is 0.140 e. The molecule has 0 bridgehead atoms. The molecule has 1 aromatic carbocycles. The largest absolute Gasteiger partial charge is 0.506 e. The molecule has 2 heterocycles. The Labute approximate surface area is 104 Å². The molecule has 3 aromatic rings. The third kappa shape index (κ3) is 1.72. The van der Waals surface area contributed by atoms with Crippen molar-refractivity contribution in [2.24, 2.45) is 0 Å². The molecule has 0 atom stereocenters. The van der Waals surface area contributed by atoms with E-state index >= 15 is 0 Å². The fourth-order valence-corrected chi connectivity index (χ4v) is 1.96. The summed E-state index contributed by atoms with van der Waals surface area (Å²) < 4.78 is 0. The van der Waals surface area contributed by atoms with Gasteiger partial charge in [0.05, 0.1) is 17.2 Å². The quantitative estimate of drug-likeness (QED) is 0.686. The highest BCUT2D eigenvalue weighted by molar-refractivity contribution is 5.80. The SMILES string of the molecule is Cc1cc2nc(-c3cncc(O)c3)[nH]c2cc1C. The number of hydrogen-bond donors (Lipinski definition) is 2. The van der Waals surface area contributed by atoms with Crippen LogP contribution in [0.5, 0.6) is 5.75 Å². The fraction of sp³-hybridized carbons (Fsp3) is 0.143. The second-order valence-corrected chi connectivity index (χ2v) is 4.47. The highest BCUT2D eigenvalue weighted by Gasteiger charge is 2.07. The average molecular weight is 239 g/mol. The lowest BCUT2D eigenvalue weighted by Crippen LogP contribution is -1.81. The molecule has 0 amide bonds. The maximum absolute atomic E-state index is 9.43. The van der Waals surface area contributed by atoms with Gasteiger partial charge in [0.2, 0.25) is 0 Å². The third-order valence-electron chi connectivity index (χ3n) is 3.09. The van der Waals surface area contributed by atoms with Crippen molar-refractivity contribution in [3.8, 4) is 17.1 Å². The number of aromatic nitrogens is 3. The Morgan fingerprint density at radius 1 is 1.06 bits per heavy atom. The molecule has 0 spiro atoms. The number of rotatable bonds is 1. The van der Waals surface area contributed by atoms with Gasteiger partial charge in [-0.1, -0.05) is 0 Å². The number of fused-ring (bicyclic) bond motifs is 1. The van der Waals surface area contributed by atoms with Crippen LogP contribution in [0.3, 0.4) is 0 Å². The molecule has 0 fully saturated rings. The number of aromatic hydroxyl groups is 1. The summed E-state index contributed by atoms with van der Waals surface area (Å²) in [4.78, 5) is 11.7. The zero-order valence-electron chi connectivity index (χ0n) is 10.2. The fourth-order valence-electron chi connectivity index (χ4n) is 1.96. The lowest BCUT2D eigenvalue weighted by Gasteiger charge is -1.97. The summed E-state index contributed by atoms with van der Waals surface area (Å²) in [5, 5.41) is 9.43. The van der Waals surface area contributed by atoms with Crippen LogP contribution in [0.2, 0.25) is 0 Å². The summed E-state index contributed by atoms with van der Waals surface area (Å²) in [6.45, 7) is 4.14. The van der Waals surface area contributed by atoms with Crippen LogP contribution in [0.15, 0.2) is 30.6 Å². The summed E-state index contributed by atoms with van der Waals surface area (Å²) in [6, 6.07) is 5.78. The van der Waals surface area contributed by atoms with Gasteiger partial charge in [0.1, 0.15) is 11.6 Å². The van der Waals surface area contributed by atoms with Gasteiger partial charge < -0.3 is 10.1 Å². The van der Waals surface area contributed by atoms with Crippen LogP contribution in [0.4, 0.5) is 0 Å². The van der Waals surface area contributed by atoms with Crippen LogP contribution < -0.4 is 0 Å². The van der Waals surface area contributed by atoms with E-state index in [1.165, 1.54) is 17.3 Å². The van der Waals surface area contributed by atoms with Gasteiger partial charge in [-0.05, 0) is 43.2 Å². The van der Waals surface area contributed by atoms with Gasteiger partial charge in [-0.25, -0.2) is 4.98 Å². The first-order valence-electron chi connectivity index (χ1n) is 5.75. The van der Waals surface area contributed by atoms with E-state index in [0.29, 0.717) is 0 Å². The molecule has 90 valence electrons. The van der Waals surface area contributed by atoms with E-state index in [9.17, 15) is 5.11 Å². The highest BCUT2D eigenvalue weighted by atomic mass is 16.3. The second kappa shape index (κ2) is 3.84. The van der Waals surface area contributed by atoms with Gasteiger partial charge in [0.25, 0.3) is 0 Å². The van der Waals surface area contributed by atoms with Crippen LogP contribution in [0.25, 0.3) is 22.4 Å². The van der Waals surface area contributed by atoms with Crippen molar-refractivity contribution < 1.29 is 5.11 Å². The molecular weight excluding hydrogens is 226 g/mol. The van der Waals surface area contributed by atoms with Gasteiger partial charge in [0, 0.05) is 11.8 Å². The maximum atomic E-state index is 9.43. The molecule has 4 heteroatoms. The zero-order valence-corrected chi connectivity index (χ0v) is 10.2. The van der Waals surface area contributed by atoms with Crippen molar-refractivity contribution in [3.05, 3.63) is 41.7 Å². The molecule has 0 radical (unpaired) electrons. The standard InChI is InChI=1S/C14H13N3O/c1-8-3-12-13(4-9(8)2)17-14(16-12)10-5-11(18)7-15-6-10/h3-7,18H,1-2H3,(H,16,17). The Morgan fingerprint density at radius 2 is 1.83 bits per heavy atom.